The normalized spacial score (nSPS) is 15.8. The van der Waals surface area contributed by atoms with Crippen LogP contribution in [0.4, 0.5) is 0 Å². The molecule has 0 unspecified atom stereocenters. The Kier molecular flexibility index (Phi) is 7.06. The summed E-state index contributed by atoms with van der Waals surface area (Å²) in [6, 6.07) is 6.64. The molecule has 8 nitrogen and oxygen atoms in total. The third-order valence-corrected chi connectivity index (χ3v) is 9.26. The van der Waals surface area contributed by atoms with E-state index in [2.05, 4.69) is 23.7 Å². The Hall–Kier alpha value is -2.43. The largest absolute Gasteiger partial charge is 0.419 e. The average Bonchev–Trinajstić information content (AvgIpc) is 3.34. The van der Waals surface area contributed by atoms with Crippen molar-refractivity contribution in [1.29, 1.82) is 0 Å². The Morgan fingerprint density at radius 2 is 2.00 bits per heavy atom. The van der Waals surface area contributed by atoms with Gasteiger partial charge in [-0.15, -0.1) is 11.3 Å². The lowest BCUT2D eigenvalue weighted by Crippen LogP contribution is -2.39. The molecule has 33 heavy (non-hydrogen) atoms. The van der Waals surface area contributed by atoms with E-state index in [4.69, 9.17) is 4.42 Å². The molecule has 1 amide bonds. The lowest BCUT2D eigenvalue weighted by atomic mass is 9.94. The van der Waals surface area contributed by atoms with Crippen molar-refractivity contribution < 1.29 is 17.6 Å². The molecule has 1 aliphatic heterocycles. The van der Waals surface area contributed by atoms with Gasteiger partial charge < -0.3 is 9.73 Å². The molecule has 0 spiro atoms. The zero-order chi connectivity index (χ0) is 23.6. The minimum absolute atomic E-state index is 0.0198. The third-order valence-electron chi connectivity index (χ3n) is 6.28. The fourth-order valence-electron chi connectivity index (χ4n) is 4.32. The Labute approximate surface area is 197 Å². The molecule has 0 radical (unpaired) electrons. The first-order chi connectivity index (χ1) is 15.8. The molecule has 1 aliphatic rings. The number of aromatic nitrogens is 1. The van der Waals surface area contributed by atoms with Gasteiger partial charge in [0.1, 0.15) is 0 Å². The highest BCUT2D eigenvalue weighted by molar-refractivity contribution is 7.89. The fraction of sp³-hybridized carbons (Fsp3) is 0.478. The first kappa shape index (κ1) is 23.7. The number of sulfonamides is 1. The van der Waals surface area contributed by atoms with E-state index >= 15 is 0 Å². The molecule has 4 rings (SSSR count). The zero-order valence-electron chi connectivity index (χ0n) is 18.9. The maximum absolute atomic E-state index is 13.1. The van der Waals surface area contributed by atoms with Crippen LogP contribution in [0.5, 0.6) is 0 Å². The average molecular weight is 492 g/mol. The third kappa shape index (κ3) is 5.07. The number of hydrogen-bond donors (Lipinski definition) is 1. The summed E-state index contributed by atoms with van der Waals surface area (Å²) in [5, 5.41) is 5.05. The zero-order valence-corrected chi connectivity index (χ0v) is 20.5. The van der Waals surface area contributed by atoms with Gasteiger partial charge in [0.05, 0.1) is 10.4 Å². The maximum atomic E-state index is 13.1. The van der Waals surface area contributed by atoms with Gasteiger partial charge in [0.15, 0.2) is 5.58 Å². The second-order valence-corrected chi connectivity index (χ2v) is 11.4. The highest BCUT2D eigenvalue weighted by atomic mass is 32.2. The summed E-state index contributed by atoms with van der Waals surface area (Å²) in [4.78, 5) is 25.6. The number of carbonyl (C=O) groups is 1. The van der Waals surface area contributed by atoms with Crippen LogP contribution in [0.25, 0.3) is 11.1 Å². The van der Waals surface area contributed by atoms with E-state index in [0.717, 1.165) is 6.42 Å². The minimum Gasteiger partial charge on any atom is -0.408 e. The number of amides is 1. The summed E-state index contributed by atoms with van der Waals surface area (Å²) < 4.78 is 34.4. The van der Waals surface area contributed by atoms with Gasteiger partial charge in [-0.25, -0.2) is 13.2 Å². The van der Waals surface area contributed by atoms with E-state index in [1.165, 1.54) is 31.4 Å². The van der Waals surface area contributed by atoms with E-state index in [0.29, 0.717) is 51.0 Å². The van der Waals surface area contributed by atoms with Crippen molar-refractivity contribution in [3.8, 4) is 0 Å². The van der Waals surface area contributed by atoms with Crippen LogP contribution < -0.4 is 11.1 Å². The summed E-state index contributed by atoms with van der Waals surface area (Å²) in [6.45, 7) is 5.71. The van der Waals surface area contributed by atoms with E-state index < -0.39 is 15.8 Å². The summed E-state index contributed by atoms with van der Waals surface area (Å²) in [5.41, 5.74) is 2.11. The van der Waals surface area contributed by atoms with Crippen LogP contribution in [0, 0.1) is 12.8 Å². The standard InChI is InChI=1S/C23H29N3O5S2/c1-3-26-19-5-4-18(15-20(19)31-23(26)28)33(29,30)25-11-7-17(8-12-25)14-22(27)24-10-6-21-16(2)9-13-32-21/h4-5,9,13,15,17H,3,6-8,10-12,14H2,1-2H3,(H,24,27). The summed E-state index contributed by atoms with van der Waals surface area (Å²) in [6.07, 6.45) is 2.53. The van der Waals surface area contributed by atoms with Crippen molar-refractivity contribution in [2.75, 3.05) is 19.6 Å². The van der Waals surface area contributed by atoms with Crippen LogP contribution in [0.2, 0.25) is 0 Å². The van der Waals surface area contributed by atoms with E-state index in [9.17, 15) is 18.0 Å². The summed E-state index contributed by atoms with van der Waals surface area (Å²) in [7, 11) is -3.70. The first-order valence-electron chi connectivity index (χ1n) is 11.2. The number of carbonyl (C=O) groups excluding carboxylic acids is 1. The molecule has 0 aliphatic carbocycles. The van der Waals surface area contributed by atoms with Crippen LogP contribution in [-0.2, 0) is 27.8 Å². The Bertz CT molecular complexity index is 1300. The van der Waals surface area contributed by atoms with Crippen LogP contribution >= 0.6 is 11.3 Å². The molecule has 1 aromatic carbocycles. The van der Waals surface area contributed by atoms with E-state index in [-0.39, 0.29) is 22.3 Å². The van der Waals surface area contributed by atoms with Crippen molar-refractivity contribution in [3.63, 3.8) is 0 Å². The van der Waals surface area contributed by atoms with Crippen molar-refractivity contribution in [2.24, 2.45) is 5.92 Å². The van der Waals surface area contributed by atoms with Gasteiger partial charge in [0, 0.05) is 43.5 Å². The molecule has 2 aromatic heterocycles. The molecule has 1 N–H and O–H groups in total. The van der Waals surface area contributed by atoms with Crippen molar-refractivity contribution in [1.82, 2.24) is 14.2 Å². The van der Waals surface area contributed by atoms with Crippen molar-refractivity contribution >= 4 is 38.4 Å². The molecular formula is C23H29N3O5S2. The number of hydrogen-bond acceptors (Lipinski definition) is 6. The maximum Gasteiger partial charge on any atom is 0.419 e. The van der Waals surface area contributed by atoms with Gasteiger partial charge in [-0.3, -0.25) is 9.36 Å². The minimum atomic E-state index is -3.70. The van der Waals surface area contributed by atoms with Crippen molar-refractivity contribution in [3.05, 3.63) is 50.6 Å². The van der Waals surface area contributed by atoms with Gasteiger partial charge >= 0.3 is 5.76 Å². The number of nitrogens with one attached hydrogen (secondary N) is 1. The molecule has 10 heteroatoms. The number of aryl methyl sites for hydroxylation is 2. The fourth-order valence-corrected chi connectivity index (χ4v) is 6.72. The Morgan fingerprint density at radius 1 is 1.24 bits per heavy atom. The van der Waals surface area contributed by atoms with Gasteiger partial charge in [0.2, 0.25) is 15.9 Å². The van der Waals surface area contributed by atoms with Gasteiger partial charge in [-0.05, 0) is 68.2 Å². The lowest BCUT2D eigenvalue weighted by Gasteiger charge is -2.31. The predicted molar refractivity (Wildman–Crippen MR) is 128 cm³/mol. The topological polar surface area (TPSA) is 102 Å². The molecule has 0 atom stereocenters. The predicted octanol–water partition coefficient (Wildman–Crippen LogP) is 3.13. The highest BCUT2D eigenvalue weighted by Crippen LogP contribution is 2.27. The van der Waals surface area contributed by atoms with Crippen LogP contribution in [0.1, 0.15) is 36.6 Å². The number of benzene rings is 1. The monoisotopic (exact) mass is 491 g/mol. The smallest absolute Gasteiger partial charge is 0.408 e. The molecule has 0 saturated carbocycles. The van der Waals surface area contributed by atoms with E-state index in [1.807, 2.05) is 6.92 Å². The molecule has 3 aromatic rings. The molecule has 0 bridgehead atoms. The van der Waals surface area contributed by atoms with Gasteiger partial charge in [-0.1, -0.05) is 0 Å². The highest BCUT2D eigenvalue weighted by Gasteiger charge is 2.30. The quantitative estimate of drug-likeness (QED) is 0.522. The van der Waals surface area contributed by atoms with E-state index in [1.54, 1.807) is 17.4 Å². The van der Waals surface area contributed by atoms with Crippen LogP contribution in [-0.4, -0.2) is 42.8 Å². The lowest BCUT2D eigenvalue weighted by molar-refractivity contribution is -0.122. The number of thiophene rings is 1. The number of nitrogens with zero attached hydrogens (tertiary/aromatic N) is 2. The van der Waals surface area contributed by atoms with Crippen molar-refractivity contribution in [2.45, 2.75) is 51.0 Å². The second-order valence-electron chi connectivity index (χ2n) is 8.42. The van der Waals surface area contributed by atoms with Crippen LogP contribution in [0.15, 0.2) is 43.8 Å². The van der Waals surface area contributed by atoms with Gasteiger partial charge in [0.25, 0.3) is 0 Å². The number of rotatable bonds is 8. The molecule has 178 valence electrons. The summed E-state index contributed by atoms with van der Waals surface area (Å²) >= 11 is 1.70. The SMILES string of the molecule is CCn1c(=O)oc2cc(S(=O)(=O)N3CCC(CC(=O)NCCc4sccc4C)CC3)ccc21. The number of fused-ring (bicyclic) bond motifs is 1. The Balaban J connectivity index is 1.31. The van der Waals surface area contributed by atoms with Gasteiger partial charge in [-0.2, -0.15) is 4.31 Å². The number of piperidine rings is 1. The molecular weight excluding hydrogens is 462 g/mol. The van der Waals surface area contributed by atoms with Crippen LogP contribution in [0.3, 0.4) is 0 Å². The molecule has 3 heterocycles. The second kappa shape index (κ2) is 9.82. The molecule has 1 fully saturated rings. The number of oxazole rings is 1. The molecule has 1 saturated heterocycles. The Morgan fingerprint density at radius 3 is 2.67 bits per heavy atom. The first-order valence-corrected chi connectivity index (χ1v) is 13.5. The summed E-state index contributed by atoms with van der Waals surface area (Å²) in [5.74, 6) is -0.308.